The second-order valence-corrected chi connectivity index (χ2v) is 6.16. The van der Waals surface area contributed by atoms with E-state index in [1.165, 1.54) is 13.3 Å². The highest BCUT2D eigenvalue weighted by Gasteiger charge is 2.23. The van der Waals surface area contributed by atoms with E-state index in [4.69, 9.17) is 5.73 Å². The van der Waals surface area contributed by atoms with E-state index in [0.29, 0.717) is 31.7 Å². The molecule has 27 heavy (non-hydrogen) atoms. The van der Waals surface area contributed by atoms with Crippen LogP contribution in [0.4, 0.5) is 0 Å². The number of benzene rings is 1. The number of nitriles is 1. The predicted molar refractivity (Wildman–Crippen MR) is 100 cm³/mol. The highest BCUT2D eigenvalue weighted by Crippen LogP contribution is 2.08. The summed E-state index contributed by atoms with van der Waals surface area (Å²) in [6.07, 6.45) is 1.45. The highest BCUT2D eigenvalue weighted by molar-refractivity contribution is 5.97. The molecule has 0 aromatic heterocycles. The Labute approximate surface area is 159 Å². The van der Waals surface area contributed by atoms with Crippen molar-refractivity contribution in [2.45, 2.75) is 6.54 Å². The number of piperazine rings is 1. The number of esters is 1. The molecule has 1 aliphatic heterocycles. The van der Waals surface area contributed by atoms with E-state index >= 15 is 0 Å². The molecule has 0 unspecified atom stereocenters. The van der Waals surface area contributed by atoms with E-state index in [0.717, 1.165) is 25.2 Å². The molecule has 1 aliphatic rings. The summed E-state index contributed by atoms with van der Waals surface area (Å²) in [6.45, 7) is 4.56. The van der Waals surface area contributed by atoms with Crippen LogP contribution < -0.4 is 11.1 Å². The van der Waals surface area contributed by atoms with Crippen LogP contribution in [0.3, 0.4) is 0 Å². The second-order valence-electron chi connectivity index (χ2n) is 6.16. The molecule has 144 valence electrons. The fourth-order valence-electron chi connectivity index (χ4n) is 2.82. The van der Waals surface area contributed by atoms with Crippen LogP contribution in [-0.4, -0.2) is 68.1 Å². The van der Waals surface area contributed by atoms with Crippen LogP contribution in [0, 0.1) is 11.3 Å². The van der Waals surface area contributed by atoms with Crippen LogP contribution in [0.5, 0.6) is 0 Å². The summed E-state index contributed by atoms with van der Waals surface area (Å²) in [5.74, 6) is -0.656. The van der Waals surface area contributed by atoms with Gasteiger partial charge in [-0.25, -0.2) is 4.79 Å². The first-order valence-corrected chi connectivity index (χ1v) is 8.81. The van der Waals surface area contributed by atoms with Gasteiger partial charge in [0.05, 0.1) is 12.7 Å². The molecule has 0 spiro atoms. The summed E-state index contributed by atoms with van der Waals surface area (Å²) in [5, 5.41) is 12.3. The lowest BCUT2D eigenvalue weighted by Gasteiger charge is -2.34. The lowest BCUT2D eigenvalue weighted by molar-refractivity contribution is -0.128. The van der Waals surface area contributed by atoms with Crippen molar-refractivity contribution in [2.24, 2.45) is 5.73 Å². The van der Waals surface area contributed by atoms with Crippen LogP contribution in [0.25, 0.3) is 0 Å². The zero-order valence-corrected chi connectivity index (χ0v) is 15.5. The van der Waals surface area contributed by atoms with Gasteiger partial charge in [-0.15, -0.1) is 0 Å². The Kier molecular flexibility index (Phi) is 7.79. The molecule has 1 saturated heterocycles. The summed E-state index contributed by atoms with van der Waals surface area (Å²) in [4.78, 5) is 27.8. The van der Waals surface area contributed by atoms with Crippen LogP contribution in [0.15, 0.2) is 36.0 Å². The average molecular weight is 371 g/mol. The van der Waals surface area contributed by atoms with Crippen molar-refractivity contribution >= 4 is 11.9 Å². The molecule has 1 fully saturated rings. The number of nitrogens with two attached hydrogens (primary N) is 1. The van der Waals surface area contributed by atoms with Gasteiger partial charge < -0.3 is 20.7 Å². The fourth-order valence-corrected chi connectivity index (χ4v) is 2.82. The molecule has 1 aromatic carbocycles. The van der Waals surface area contributed by atoms with Gasteiger partial charge >= 0.3 is 5.97 Å². The number of hydrogen-bond donors (Lipinski definition) is 2. The third-order valence-corrected chi connectivity index (χ3v) is 4.38. The Hall–Kier alpha value is -2.89. The molecule has 1 aromatic rings. The summed E-state index contributed by atoms with van der Waals surface area (Å²) in [5.41, 5.74) is 7.01. The molecule has 3 N–H and O–H groups in total. The first-order valence-electron chi connectivity index (χ1n) is 8.81. The maximum atomic E-state index is 12.5. The molecule has 0 aliphatic carbocycles. The SMILES string of the molecule is COC(=O)c1ccc(CN/C=C(/C#N)C(=O)N2CCN(CCN)CC2)cc1. The monoisotopic (exact) mass is 371 g/mol. The van der Waals surface area contributed by atoms with Crippen molar-refractivity contribution in [2.75, 3.05) is 46.4 Å². The minimum Gasteiger partial charge on any atom is -0.465 e. The van der Waals surface area contributed by atoms with Crippen LogP contribution in [0.1, 0.15) is 15.9 Å². The summed E-state index contributed by atoms with van der Waals surface area (Å²) < 4.78 is 4.66. The molecular weight excluding hydrogens is 346 g/mol. The summed E-state index contributed by atoms with van der Waals surface area (Å²) in [6, 6.07) is 8.89. The quantitative estimate of drug-likeness (QED) is 0.396. The van der Waals surface area contributed by atoms with E-state index in [1.54, 1.807) is 29.2 Å². The second kappa shape index (κ2) is 10.3. The van der Waals surface area contributed by atoms with Crippen molar-refractivity contribution in [1.29, 1.82) is 5.26 Å². The number of carbonyl (C=O) groups is 2. The largest absolute Gasteiger partial charge is 0.465 e. The van der Waals surface area contributed by atoms with Crippen LogP contribution in [-0.2, 0) is 16.1 Å². The van der Waals surface area contributed by atoms with Crippen molar-refractivity contribution in [3.63, 3.8) is 0 Å². The van der Waals surface area contributed by atoms with Gasteiger partial charge in [-0.3, -0.25) is 9.69 Å². The van der Waals surface area contributed by atoms with E-state index < -0.39 is 5.97 Å². The number of carbonyl (C=O) groups excluding carboxylic acids is 2. The van der Waals surface area contributed by atoms with Gasteiger partial charge in [-0.1, -0.05) is 12.1 Å². The minimum absolute atomic E-state index is 0.0773. The Balaban J connectivity index is 1.88. The zero-order valence-electron chi connectivity index (χ0n) is 15.5. The maximum Gasteiger partial charge on any atom is 0.337 e. The Bertz CT molecular complexity index is 716. The van der Waals surface area contributed by atoms with E-state index in [-0.39, 0.29) is 11.5 Å². The lowest BCUT2D eigenvalue weighted by Crippen LogP contribution is -2.50. The normalized spacial score (nSPS) is 15.1. The fraction of sp³-hybridized carbons (Fsp3) is 0.421. The molecule has 0 atom stereocenters. The number of nitrogens with zero attached hydrogens (tertiary/aromatic N) is 3. The smallest absolute Gasteiger partial charge is 0.337 e. The first-order chi connectivity index (χ1) is 13.1. The van der Waals surface area contributed by atoms with Gasteiger partial charge in [0.2, 0.25) is 0 Å². The maximum absolute atomic E-state index is 12.5. The number of hydrogen-bond acceptors (Lipinski definition) is 7. The van der Waals surface area contributed by atoms with Crippen molar-refractivity contribution in [3.8, 4) is 6.07 Å². The molecular formula is C19H25N5O3. The van der Waals surface area contributed by atoms with Gasteiger partial charge in [0, 0.05) is 52.0 Å². The van der Waals surface area contributed by atoms with Gasteiger partial charge in [0.25, 0.3) is 5.91 Å². The molecule has 8 nitrogen and oxygen atoms in total. The predicted octanol–water partition coefficient (Wildman–Crippen LogP) is 0.0732. The lowest BCUT2D eigenvalue weighted by atomic mass is 10.1. The summed E-state index contributed by atoms with van der Waals surface area (Å²) >= 11 is 0. The third-order valence-electron chi connectivity index (χ3n) is 4.38. The Morgan fingerprint density at radius 1 is 1.26 bits per heavy atom. The van der Waals surface area contributed by atoms with E-state index in [1.807, 2.05) is 6.07 Å². The summed E-state index contributed by atoms with van der Waals surface area (Å²) in [7, 11) is 1.33. The van der Waals surface area contributed by atoms with Gasteiger partial charge in [-0.2, -0.15) is 5.26 Å². The Morgan fingerprint density at radius 2 is 1.93 bits per heavy atom. The topological polar surface area (TPSA) is 112 Å². The average Bonchev–Trinajstić information content (AvgIpc) is 2.71. The van der Waals surface area contributed by atoms with Crippen LogP contribution in [0.2, 0.25) is 0 Å². The van der Waals surface area contributed by atoms with Gasteiger partial charge in [0.1, 0.15) is 11.6 Å². The molecule has 8 heteroatoms. The molecule has 0 saturated carbocycles. The number of amides is 1. The number of nitrogens with one attached hydrogen (secondary N) is 1. The molecule has 0 bridgehead atoms. The van der Waals surface area contributed by atoms with E-state index in [2.05, 4.69) is 15.0 Å². The molecule has 1 amide bonds. The van der Waals surface area contributed by atoms with Crippen LogP contribution >= 0.6 is 0 Å². The van der Waals surface area contributed by atoms with Crippen molar-refractivity contribution < 1.29 is 14.3 Å². The number of ether oxygens (including phenoxy) is 1. The van der Waals surface area contributed by atoms with Crippen molar-refractivity contribution in [3.05, 3.63) is 47.2 Å². The van der Waals surface area contributed by atoms with Gasteiger partial charge in [-0.05, 0) is 17.7 Å². The molecule has 0 radical (unpaired) electrons. The van der Waals surface area contributed by atoms with Crippen molar-refractivity contribution in [1.82, 2.24) is 15.1 Å². The van der Waals surface area contributed by atoms with Gasteiger partial charge in [0.15, 0.2) is 0 Å². The first kappa shape index (κ1) is 20.4. The highest BCUT2D eigenvalue weighted by atomic mass is 16.5. The third kappa shape index (κ3) is 5.81. The Morgan fingerprint density at radius 3 is 2.48 bits per heavy atom. The molecule has 1 heterocycles. The van der Waals surface area contributed by atoms with E-state index in [9.17, 15) is 14.9 Å². The molecule has 2 rings (SSSR count). The minimum atomic E-state index is -0.390. The number of rotatable bonds is 7. The standard InChI is InChI=1S/C19H25N5O3/c1-27-19(26)16-4-2-15(3-5-16)13-22-14-17(12-21)18(25)24-10-8-23(7-6-20)9-11-24/h2-5,14,22H,6-11,13,20H2,1H3/b17-14-. The number of methoxy groups -OCH3 is 1. The zero-order chi connectivity index (χ0) is 19.6.